The number of benzene rings is 2. The zero-order chi connectivity index (χ0) is 23.5. The number of nitrogens with zero attached hydrogens (tertiary/aromatic N) is 1. The van der Waals surface area contributed by atoms with E-state index in [0.29, 0.717) is 17.0 Å². The minimum atomic E-state index is -1.02. The Labute approximate surface area is 247 Å². The molecule has 0 saturated carbocycles. The van der Waals surface area contributed by atoms with E-state index in [4.69, 9.17) is 17.3 Å². The molecule has 1 aromatic heterocycles. The van der Waals surface area contributed by atoms with Gasteiger partial charge in [-0.3, -0.25) is 5.43 Å². The summed E-state index contributed by atoms with van der Waals surface area (Å²) in [5.74, 6) is -0.840. The van der Waals surface area contributed by atoms with E-state index in [1.54, 1.807) is 19.1 Å². The topological polar surface area (TPSA) is 94.0 Å². The number of aromatic hydroxyl groups is 1. The van der Waals surface area contributed by atoms with Crippen LogP contribution < -0.4 is 62.1 Å². The quantitative estimate of drug-likeness (QED) is 0.184. The molecule has 1 heterocycles. The first kappa shape index (κ1) is 27.6. The molecule has 2 aromatic carbocycles. The van der Waals surface area contributed by atoms with Gasteiger partial charge < -0.3 is 17.0 Å². The number of thiocarbonyl (C=S) groups is 1. The molecule has 0 aliphatic rings. The Kier molecular flexibility index (Phi) is 9.80. The number of aromatic carboxylic acids is 1. The second-order valence-electron chi connectivity index (χ2n) is 8.30. The second kappa shape index (κ2) is 11.7. The number of carboxylic acids is 1. The van der Waals surface area contributed by atoms with E-state index < -0.39 is 5.97 Å². The standard InChI is InChI=1S/C24H25N3O3S2.K.H/c1-14(26-27-23(31)25-18-7-5-6-16(12-18)22(29)30)19-13-32-21(20(19)28)15-8-10-17(11-9-15)24(2,3)4;;/h5-13,28H,1-4H3,(H,29,30)(H2,25,27,31);;/q;+1;-1. The van der Waals surface area contributed by atoms with Crippen molar-refractivity contribution >= 4 is 46.0 Å². The van der Waals surface area contributed by atoms with Gasteiger partial charge in [0, 0.05) is 11.1 Å². The first-order chi connectivity index (χ1) is 15.1. The summed E-state index contributed by atoms with van der Waals surface area (Å²) < 4.78 is 0. The van der Waals surface area contributed by atoms with Crippen molar-refractivity contribution in [3.05, 3.63) is 70.6 Å². The number of anilines is 1. The molecular weight excluding hydrogens is 482 g/mol. The van der Waals surface area contributed by atoms with Crippen LogP contribution in [0.2, 0.25) is 0 Å². The van der Waals surface area contributed by atoms with Crippen LogP contribution in [0.15, 0.2) is 59.0 Å². The molecule has 0 amide bonds. The van der Waals surface area contributed by atoms with Crippen LogP contribution in [-0.4, -0.2) is 27.0 Å². The van der Waals surface area contributed by atoms with Crippen molar-refractivity contribution in [1.29, 1.82) is 0 Å². The Morgan fingerprint density at radius 3 is 2.42 bits per heavy atom. The Hall–Kier alpha value is -1.59. The van der Waals surface area contributed by atoms with Crippen LogP contribution in [0.1, 0.15) is 50.6 Å². The van der Waals surface area contributed by atoms with Crippen LogP contribution >= 0.6 is 23.6 Å². The van der Waals surface area contributed by atoms with Crippen molar-refractivity contribution in [2.24, 2.45) is 5.10 Å². The van der Waals surface area contributed by atoms with Crippen LogP contribution in [0, 0.1) is 0 Å². The van der Waals surface area contributed by atoms with Gasteiger partial charge in [-0.1, -0.05) is 51.1 Å². The van der Waals surface area contributed by atoms with Crippen LogP contribution in [0.4, 0.5) is 5.69 Å². The number of hydrazone groups is 1. The Morgan fingerprint density at radius 1 is 1.15 bits per heavy atom. The molecule has 0 bridgehead atoms. The summed E-state index contributed by atoms with van der Waals surface area (Å²) in [5.41, 5.74) is 6.86. The van der Waals surface area contributed by atoms with Gasteiger partial charge in [0.15, 0.2) is 5.11 Å². The zero-order valence-corrected chi connectivity index (χ0v) is 24.0. The summed E-state index contributed by atoms with van der Waals surface area (Å²) in [6.45, 7) is 8.27. The third-order valence-corrected chi connectivity index (χ3v) is 6.07. The van der Waals surface area contributed by atoms with Crippen molar-refractivity contribution < 1.29 is 67.8 Å². The molecule has 0 atom stereocenters. The minimum Gasteiger partial charge on any atom is -1.00 e. The monoisotopic (exact) mass is 507 g/mol. The fourth-order valence-corrected chi connectivity index (χ4v) is 4.19. The number of rotatable bonds is 5. The van der Waals surface area contributed by atoms with Gasteiger partial charge >= 0.3 is 57.4 Å². The molecule has 4 N–H and O–H groups in total. The molecule has 0 aliphatic carbocycles. The second-order valence-corrected chi connectivity index (χ2v) is 9.59. The van der Waals surface area contributed by atoms with Gasteiger partial charge in [0.05, 0.1) is 21.7 Å². The van der Waals surface area contributed by atoms with Gasteiger partial charge in [-0.2, -0.15) is 5.10 Å². The first-order valence-corrected chi connectivity index (χ1v) is 11.2. The fourth-order valence-electron chi connectivity index (χ4n) is 3.02. The molecule has 3 rings (SSSR count). The van der Waals surface area contributed by atoms with E-state index >= 15 is 0 Å². The summed E-state index contributed by atoms with van der Waals surface area (Å²) in [5, 5.41) is 29.1. The number of thiophene rings is 1. The van der Waals surface area contributed by atoms with E-state index in [1.165, 1.54) is 29.0 Å². The average Bonchev–Trinajstić information content (AvgIpc) is 3.13. The maximum absolute atomic E-state index is 11.1. The third kappa shape index (κ3) is 7.19. The smallest absolute Gasteiger partial charge is 1.00 e. The molecule has 0 fully saturated rings. The minimum absolute atomic E-state index is 0. The van der Waals surface area contributed by atoms with Gasteiger partial charge in [0.25, 0.3) is 0 Å². The van der Waals surface area contributed by atoms with Crippen molar-refractivity contribution in [3.63, 3.8) is 0 Å². The van der Waals surface area contributed by atoms with Gasteiger partial charge in [-0.25, -0.2) is 4.79 Å². The van der Waals surface area contributed by atoms with Crippen molar-refractivity contribution in [3.8, 4) is 16.2 Å². The summed E-state index contributed by atoms with van der Waals surface area (Å²) in [7, 11) is 0. The molecule has 0 aliphatic heterocycles. The average molecular weight is 508 g/mol. The molecular formula is C24H26KN3O3S2. The predicted molar refractivity (Wildman–Crippen MR) is 136 cm³/mol. The molecule has 6 nitrogen and oxygen atoms in total. The van der Waals surface area contributed by atoms with Gasteiger partial charge in [-0.15, -0.1) is 11.3 Å². The summed E-state index contributed by atoms with van der Waals surface area (Å²) in [6, 6.07) is 14.5. The molecule has 3 aromatic rings. The first-order valence-electron chi connectivity index (χ1n) is 9.92. The van der Waals surface area contributed by atoms with Crippen LogP contribution in [0.5, 0.6) is 5.75 Å². The van der Waals surface area contributed by atoms with Crippen molar-refractivity contribution in [2.45, 2.75) is 33.1 Å². The zero-order valence-electron chi connectivity index (χ0n) is 20.3. The van der Waals surface area contributed by atoms with Crippen LogP contribution in [-0.2, 0) is 5.41 Å². The van der Waals surface area contributed by atoms with Crippen LogP contribution in [0.25, 0.3) is 10.4 Å². The molecule has 0 saturated heterocycles. The summed E-state index contributed by atoms with van der Waals surface area (Å²) >= 11 is 6.68. The molecule has 168 valence electrons. The number of carboxylic acid groups (broad SMARTS) is 1. The normalized spacial score (nSPS) is 11.5. The number of carbonyl (C=O) groups is 1. The van der Waals surface area contributed by atoms with Crippen LogP contribution in [0.3, 0.4) is 0 Å². The number of hydrogen-bond donors (Lipinski definition) is 4. The van der Waals surface area contributed by atoms with E-state index in [0.717, 1.165) is 10.4 Å². The van der Waals surface area contributed by atoms with Gasteiger partial charge in [-0.05, 0) is 53.9 Å². The van der Waals surface area contributed by atoms with Crippen molar-refractivity contribution in [2.75, 3.05) is 5.32 Å². The Morgan fingerprint density at radius 2 is 1.82 bits per heavy atom. The third-order valence-electron chi connectivity index (χ3n) is 4.86. The molecule has 0 unspecified atom stereocenters. The Bertz CT molecular complexity index is 1190. The van der Waals surface area contributed by atoms with Gasteiger partial charge in [0.2, 0.25) is 0 Å². The largest absolute Gasteiger partial charge is 1.00 e. The summed E-state index contributed by atoms with van der Waals surface area (Å²) in [6.07, 6.45) is 0. The molecule has 0 spiro atoms. The van der Waals surface area contributed by atoms with E-state index in [2.05, 4.69) is 48.7 Å². The number of nitrogens with one attached hydrogen (secondary N) is 2. The summed E-state index contributed by atoms with van der Waals surface area (Å²) in [4.78, 5) is 11.9. The number of hydrogen-bond acceptors (Lipinski definition) is 5. The van der Waals surface area contributed by atoms with E-state index in [9.17, 15) is 9.90 Å². The van der Waals surface area contributed by atoms with Gasteiger partial charge in [0.1, 0.15) is 5.75 Å². The molecule has 9 heteroatoms. The maximum Gasteiger partial charge on any atom is 1.00 e. The Balaban J connectivity index is 0.00000289. The predicted octanol–water partition coefficient (Wildman–Crippen LogP) is 2.94. The fraction of sp³-hybridized carbons (Fsp3) is 0.208. The molecule has 0 radical (unpaired) electrons. The molecule has 33 heavy (non-hydrogen) atoms. The van der Waals surface area contributed by atoms with E-state index in [-0.39, 0.29) is 74.7 Å². The maximum atomic E-state index is 11.1. The SMILES string of the molecule is CC(=NNC(=S)Nc1cccc(C(=O)O)c1)c1csc(-c2ccc(C(C)(C)C)cc2)c1O.[H-].[K+]. The van der Waals surface area contributed by atoms with E-state index in [1.807, 2.05) is 17.5 Å². The van der Waals surface area contributed by atoms with Crippen molar-refractivity contribution in [1.82, 2.24) is 5.43 Å².